The molecular weight excluding hydrogens is 564 g/mol. The van der Waals surface area contributed by atoms with E-state index < -0.39 is 56.6 Å². The molecule has 0 saturated carbocycles. The fourth-order valence-electron chi connectivity index (χ4n) is 4.10. The van der Waals surface area contributed by atoms with Crippen molar-refractivity contribution in [3.05, 3.63) is 36.7 Å². The molecule has 0 aliphatic carbocycles. The Hall–Kier alpha value is -3.69. The number of ether oxygens (including phenoxy) is 2. The van der Waals surface area contributed by atoms with Crippen LogP contribution in [0.3, 0.4) is 0 Å². The predicted octanol–water partition coefficient (Wildman–Crippen LogP) is 1.75. The van der Waals surface area contributed by atoms with Crippen molar-refractivity contribution in [2.75, 3.05) is 24.7 Å². The molecule has 4 rings (SSSR count). The lowest BCUT2D eigenvalue weighted by Crippen LogP contribution is -2.45. The molecule has 1 saturated heterocycles. The van der Waals surface area contributed by atoms with Crippen LogP contribution in [0.5, 0.6) is 5.75 Å². The Labute approximate surface area is 234 Å². The molecule has 3 aromatic rings. The molecule has 0 spiro atoms. The van der Waals surface area contributed by atoms with Gasteiger partial charge in [-0.15, -0.1) is 0 Å². The number of aldehydes is 1. The van der Waals surface area contributed by atoms with Gasteiger partial charge in [0.05, 0.1) is 19.0 Å². The molecule has 222 valence electrons. The van der Waals surface area contributed by atoms with Gasteiger partial charge in [0, 0.05) is 7.05 Å². The first kappa shape index (κ1) is 30.3. The van der Waals surface area contributed by atoms with E-state index in [1.807, 2.05) is 0 Å². The maximum Gasteiger partial charge on any atom is 0.459 e. The lowest BCUT2D eigenvalue weighted by Gasteiger charge is -2.25. The minimum Gasteiger partial charge on any atom is -0.462 e. The monoisotopic (exact) mass is 595 g/mol. The predicted molar refractivity (Wildman–Crippen MR) is 144 cm³/mol. The van der Waals surface area contributed by atoms with E-state index in [1.165, 1.54) is 19.1 Å². The Morgan fingerprint density at radius 3 is 2.66 bits per heavy atom. The third-order valence-electron chi connectivity index (χ3n) is 6.03. The van der Waals surface area contributed by atoms with Crippen molar-refractivity contribution in [1.82, 2.24) is 24.6 Å². The molecule has 2 aromatic heterocycles. The lowest BCUT2D eigenvalue weighted by atomic mass is 9.98. The molecule has 1 aliphatic rings. The van der Waals surface area contributed by atoms with E-state index in [-0.39, 0.29) is 35.0 Å². The number of anilines is 2. The Kier molecular flexibility index (Phi) is 8.89. The van der Waals surface area contributed by atoms with Crippen LogP contribution in [0, 0.1) is 0 Å². The summed E-state index contributed by atoms with van der Waals surface area (Å²) in [6.45, 7) is 3.97. The first-order chi connectivity index (χ1) is 19.4. The Morgan fingerprint density at radius 1 is 1.32 bits per heavy atom. The highest BCUT2D eigenvalue weighted by Gasteiger charge is 2.59. The molecule has 0 bridgehead atoms. The van der Waals surface area contributed by atoms with Crippen molar-refractivity contribution in [2.24, 2.45) is 0 Å². The Balaban J connectivity index is 1.59. The van der Waals surface area contributed by atoms with Crippen LogP contribution in [-0.4, -0.2) is 80.6 Å². The van der Waals surface area contributed by atoms with Gasteiger partial charge in [-0.1, -0.05) is 18.2 Å². The van der Waals surface area contributed by atoms with Crippen LogP contribution >= 0.6 is 7.75 Å². The van der Waals surface area contributed by atoms with Crippen molar-refractivity contribution in [1.29, 1.82) is 0 Å². The number of aliphatic hydroxyl groups is 1. The van der Waals surface area contributed by atoms with Crippen molar-refractivity contribution in [3.63, 3.8) is 0 Å². The zero-order valence-electron chi connectivity index (χ0n) is 22.6. The molecule has 0 radical (unpaired) electrons. The topological polar surface area (TPSA) is 202 Å². The van der Waals surface area contributed by atoms with E-state index in [0.717, 1.165) is 10.9 Å². The minimum absolute atomic E-state index is 0.0294. The number of aliphatic hydroxyl groups excluding tert-OH is 1. The summed E-state index contributed by atoms with van der Waals surface area (Å²) in [7, 11) is -2.81. The zero-order valence-corrected chi connectivity index (χ0v) is 23.5. The van der Waals surface area contributed by atoms with Gasteiger partial charge in [-0.25, -0.2) is 13.9 Å². The SMILES string of the molecule is CNc1nc(N)nc2c1ncn2[C@@H]1O[C@H](CO[P@@](=O)(N[C@@H](C)C(=O)OC(C)C)Oc2ccccc2)[C@@H](O)[C@]1(F)C=O. The van der Waals surface area contributed by atoms with Crippen molar-refractivity contribution in [3.8, 4) is 5.75 Å². The Bertz CT molecular complexity index is 1440. The third kappa shape index (κ3) is 6.31. The molecule has 5 N–H and O–H groups in total. The van der Waals surface area contributed by atoms with Gasteiger partial charge in [-0.2, -0.15) is 15.1 Å². The van der Waals surface area contributed by atoms with Gasteiger partial charge < -0.3 is 30.2 Å². The number of para-hydroxylation sites is 1. The first-order valence-corrected chi connectivity index (χ1v) is 14.1. The average Bonchev–Trinajstić information content (AvgIpc) is 3.45. The number of alkyl halides is 1. The van der Waals surface area contributed by atoms with Crippen molar-refractivity contribution >= 4 is 42.9 Å². The number of nitrogens with two attached hydrogens (primary N) is 1. The van der Waals surface area contributed by atoms with Crippen LogP contribution in [0.2, 0.25) is 0 Å². The molecular formula is C24H31FN7O8P. The number of nitrogens with one attached hydrogen (secondary N) is 2. The third-order valence-corrected chi connectivity index (χ3v) is 7.67. The number of hydrogen-bond acceptors (Lipinski definition) is 13. The molecule has 0 amide bonds. The molecule has 6 atom stereocenters. The number of imidazole rings is 1. The average molecular weight is 596 g/mol. The largest absolute Gasteiger partial charge is 0.462 e. The van der Waals surface area contributed by atoms with Crippen LogP contribution in [-0.2, 0) is 28.2 Å². The second-order valence-corrected chi connectivity index (χ2v) is 11.1. The standard InChI is InChI=1S/C24H31FN7O8P/c1-13(2)38-21(35)14(3)31-41(36,40-15-8-6-5-7-9-15)37-10-16-18(34)24(25,11-33)22(39-16)32-12-28-17-19(27-4)29-23(26)30-20(17)32/h5-9,11-14,16,18,22,34H,10H2,1-4H3,(H,31,36)(H3,26,27,29,30)/t14-,16+,18+,22+,24+,41-/m0/s1. The molecule has 0 unspecified atom stereocenters. The van der Waals surface area contributed by atoms with Crippen LogP contribution in [0.15, 0.2) is 36.7 Å². The number of benzene rings is 1. The van der Waals surface area contributed by atoms with E-state index in [4.69, 9.17) is 24.3 Å². The van der Waals surface area contributed by atoms with Gasteiger partial charge in [-0.3, -0.25) is 18.7 Å². The summed E-state index contributed by atoms with van der Waals surface area (Å²) in [5.74, 6) is -0.507. The maximum absolute atomic E-state index is 16.0. The summed E-state index contributed by atoms with van der Waals surface area (Å²) >= 11 is 0. The number of aromatic nitrogens is 4. The molecule has 1 aliphatic heterocycles. The van der Waals surface area contributed by atoms with E-state index in [0.29, 0.717) is 0 Å². The van der Waals surface area contributed by atoms with Gasteiger partial charge >= 0.3 is 13.7 Å². The summed E-state index contributed by atoms with van der Waals surface area (Å²) in [4.78, 5) is 36.6. The lowest BCUT2D eigenvalue weighted by molar-refractivity contribution is -0.149. The highest BCUT2D eigenvalue weighted by Crippen LogP contribution is 2.47. The smallest absolute Gasteiger partial charge is 0.459 e. The van der Waals surface area contributed by atoms with Crippen molar-refractivity contribution in [2.45, 2.75) is 57.0 Å². The Morgan fingerprint density at radius 2 is 2.02 bits per heavy atom. The second-order valence-electron chi connectivity index (χ2n) is 9.46. The number of carbonyl (C=O) groups is 2. The second kappa shape index (κ2) is 12.0. The highest BCUT2D eigenvalue weighted by atomic mass is 31.2. The van der Waals surface area contributed by atoms with Gasteiger partial charge in [0.25, 0.3) is 0 Å². The van der Waals surface area contributed by atoms with Crippen LogP contribution in [0.4, 0.5) is 16.2 Å². The molecule has 1 fully saturated rings. The number of hydrogen-bond donors (Lipinski definition) is 4. The van der Waals surface area contributed by atoms with E-state index in [1.54, 1.807) is 39.1 Å². The first-order valence-electron chi connectivity index (χ1n) is 12.5. The minimum atomic E-state index is -4.38. The van der Waals surface area contributed by atoms with Gasteiger partial charge in [0.15, 0.2) is 29.5 Å². The van der Waals surface area contributed by atoms with Crippen LogP contribution in [0.1, 0.15) is 27.0 Å². The number of esters is 1. The maximum atomic E-state index is 16.0. The highest BCUT2D eigenvalue weighted by molar-refractivity contribution is 7.52. The molecule has 41 heavy (non-hydrogen) atoms. The quantitative estimate of drug-likeness (QED) is 0.134. The number of carbonyl (C=O) groups excluding carboxylic acids is 2. The van der Waals surface area contributed by atoms with Crippen LogP contribution in [0.25, 0.3) is 11.2 Å². The van der Waals surface area contributed by atoms with E-state index in [2.05, 4.69) is 25.4 Å². The summed E-state index contributed by atoms with van der Waals surface area (Å²) < 4.78 is 52.8. The molecule has 3 heterocycles. The molecule has 15 nitrogen and oxygen atoms in total. The fraction of sp³-hybridized carbons (Fsp3) is 0.458. The van der Waals surface area contributed by atoms with Crippen LogP contribution < -0.4 is 20.7 Å². The summed E-state index contributed by atoms with van der Waals surface area (Å²) in [6, 6.07) is 6.81. The van der Waals surface area contributed by atoms with Crippen molar-refractivity contribution < 1.29 is 42.2 Å². The van der Waals surface area contributed by atoms with Gasteiger partial charge in [-0.05, 0) is 32.9 Å². The summed E-state index contributed by atoms with van der Waals surface area (Å²) in [5, 5.41) is 16.1. The molecule has 17 heteroatoms. The number of nitrogen functional groups attached to an aromatic ring is 1. The van der Waals surface area contributed by atoms with E-state index >= 15 is 4.39 Å². The normalized spacial score (nSPS) is 24.6. The molecule has 1 aromatic carbocycles. The zero-order chi connectivity index (χ0) is 29.9. The van der Waals surface area contributed by atoms with Gasteiger partial charge in [0.2, 0.25) is 11.6 Å². The number of nitrogens with zero attached hydrogens (tertiary/aromatic N) is 4. The van der Waals surface area contributed by atoms with E-state index in [9.17, 15) is 19.3 Å². The fourth-order valence-corrected chi connectivity index (χ4v) is 5.60. The number of fused-ring (bicyclic) bond motifs is 1. The number of halogens is 1. The van der Waals surface area contributed by atoms with Gasteiger partial charge in [0.1, 0.15) is 24.0 Å². The number of rotatable bonds is 12. The summed E-state index contributed by atoms with van der Waals surface area (Å²) in [6.07, 6.45) is -4.73. The summed E-state index contributed by atoms with van der Waals surface area (Å²) in [5.41, 5.74) is 3.01.